The number of nitrogens with zero attached hydrogens (tertiary/aromatic N) is 1. The maximum absolute atomic E-state index is 13.1. The monoisotopic (exact) mass is 433 g/mol. The van der Waals surface area contributed by atoms with E-state index in [0.717, 1.165) is 22.4 Å². The number of hydrogen-bond acceptors (Lipinski definition) is 3. The van der Waals surface area contributed by atoms with E-state index < -0.39 is 6.04 Å². The Hall–Kier alpha value is -1.88. The van der Waals surface area contributed by atoms with Crippen LogP contribution in [0.2, 0.25) is 0 Å². The van der Waals surface area contributed by atoms with Crippen molar-refractivity contribution in [2.45, 2.75) is 54.0 Å². The molecule has 0 spiro atoms. The van der Waals surface area contributed by atoms with E-state index in [0.29, 0.717) is 10.9 Å². The summed E-state index contributed by atoms with van der Waals surface area (Å²) in [5.74, 6) is -0.375. The fourth-order valence-corrected chi connectivity index (χ4v) is 3.74. The maximum atomic E-state index is 13.1. The van der Waals surface area contributed by atoms with Gasteiger partial charge in [-0.25, -0.2) is 4.79 Å². The first-order valence-corrected chi connectivity index (χ1v) is 9.99. The lowest BCUT2D eigenvalue weighted by molar-refractivity contribution is -0.148. The van der Waals surface area contributed by atoms with Crippen molar-refractivity contribution < 1.29 is 9.53 Å². The van der Waals surface area contributed by atoms with Crippen LogP contribution in [0.25, 0.3) is 11.3 Å². The molecule has 2 aromatic rings. The van der Waals surface area contributed by atoms with Crippen molar-refractivity contribution in [1.29, 1.82) is 0 Å². The number of hydrogen-bond donors (Lipinski definition) is 0. The summed E-state index contributed by atoms with van der Waals surface area (Å²) in [5.41, 5.74) is 3.35. The highest BCUT2D eigenvalue weighted by atomic mass is 79.9. The minimum Gasteiger partial charge on any atom is -0.464 e. The number of aromatic nitrogens is 1. The van der Waals surface area contributed by atoms with E-state index in [1.54, 1.807) is 11.5 Å². The van der Waals surface area contributed by atoms with Gasteiger partial charge >= 0.3 is 5.97 Å². The Labute approximate surface area is 169 Å². The number of carbonyl (C=O) groups is 1. The Morgan fingerprint density at radius 3 is 2.30 bits per heavy atom. The number of halogens is 1. The van der Waals surface area contributed by atoms with Crippen molar-refractivity contribution in [2.75, 3.05) is 6.61 Å². The Morgan fingerprint density at radius 2 is 1.78 bits per heavy atom. The average molecular weight is 434 g/mol. The summed E-state index contributed by atoms with van der Waals surface area (Å²) in [6.07, 6.45) is 0.500. The van der Waals surface area contributed by atoms with Crippen molar-refractivity contribution in [3.05, 3.63) is 56.3 Å². The topological polar surface area (TPSA) is 48.3 Å². The van der Waals surface area contributed by atoms with Crippen molar-refractivity contribution >= 4 is 21.9 Å². The summed E-state index contributed by atoms with van der Waals surface area (Å²) >= 11 is 3.37. The normalized spacial score (nSPS) is 12.7. The maximum Gasteiger partial charge on any atom is 0.329 e. The zero-order chi connectivity index (χ0) is 20.4. The molecule has 1 aromatic heterocycles. The third kappa shape index (κ3) is 5.10. The molecule has 0 aliphatic heterocycles. The van der Waals surface area contributed by atoms with Crippen LogP contribution in [0.5, 0.6) is 0 Å². The molecule has 0 aliphatic carbocycles. The van der Waals surface area contributed by atoms with Crippen molar-refractivity contribution in [2.24, 2.45) is 5.41 Å². The fraction of sp³-hybridized carbons (Fsp3) is 0.455. The van der Waals surface area contributed by atoms with Crippen molar-refractivity contribution in [1.82, 2.24) is 4.57 Å². The first-order chi connectivity index (χ1) is 12.5. The number of ether oxygens (including phenoxy) is 1. The molecule has 0 N–H and O–H groups in total. The van der Waals surface area contributed by atoms with Gasteiger partial charge in [-0.1, -0.05) is 50.6 Å². The quantitative estimate of drug-likeness (QED) is 0.590. The third-order valence-electron chi connectivity index (χ3n) is 4.38. The highest BCUT2D eigenvalue weighted by Crippen LogP contribution is 2.33. The first kappa shape index (κ1) is 21.4. The molecule has 2 rings (SSSR count). The summed E-state index contributed by atoms with van der Waals surface area (Å²) in [7, 11) is 0. The van der Waals surface area contributed by atoms with Gasteiger partial charge in [-0.15, -0.1) is 0 Å². The van der Waals surface area contributed by atoms with Gasteiger partial charge in [0.25, 0.3) is 5.56 Å². The number of carbonyl (C=O) groups excluding carboxylic acids is 1. The number of benzene rings is 1. The molecular formula is C22H28BrNO3. The second-order valence-corrected chi connectivity index (χ2v) is 8.95. The standard InChI is InChI=1S/C22H28BrNO3/c1-7-27-21(26)18(13-22(4,5)6)24-19(15(3)12-17(23)20(24)25)16-10-8-14(2)9-11-16/h8-12,18H,7,13H2,1-6H3. The van der Waals surface area contributed by atoms with Crippen LogP contribution in [0, 0.1) is 19.3 Å². The predicted molar refractivity (Wildman–Crippen MR) is 113 cm³/mol. The van der Waals surface area contributed by atoms with E-state index in [4.69, 9.17) is 4.74 Å². The van der Waals surface area contributed by atoms with Crippen LogP contribution in [0.15, 0.2) is 39.6 Å². The minimum absolute atomic E-state index is 0.155. The zero-order valence-corrected chi connectivity index (χ0v) is 18.5. The molecular weight excluding hydrogens is 406 g/mol. The van der Waals surface area contributed by atoms with Crippen LogP contribution in [0.3, 0.4) is 0 Å². The van der Waals surface area contributed by atoms with E-state index in [9.17, 15) is 9.59 Å². The summed E-state index contributed by atoms with van der Waals surface area (Å²) in [5, 5.41) is 0. The summed E-state index contributed by atoms with van der Waals surface area (Å²) in [6.45, 7) is 12.2. The van der Waals surface area contributed by atoms with Gasteiger partial charge in [0.1, 0.15) is 6.04 Å². The number of pyridine rings is 1. The lowest BCUT2D eigenvalue weighted by Gasteiger charge is -2.29. The molecule has 5 heteroatoms. The van der Waals surface area contributed by atoms with Crippen LogP contribution in [-0.4, -0.2) is 17.1 Å². The largest absolute Gasteiger partial charge is 0.464 e. The Morgan fingerprint density at radius 1 is 1.19 bits per heavy atom. The van der Waals surface area contributed by atoms with Crippen LogP contribution in [0.1, 0.15) is 51.3 Å². The van der Waals surface area contributed by atoms with E-state index in [2.05, 4.69) is 36.7 Å². The Bertz CT molecular complexity index is 876. The van der Waals surface area contributed by atoms with Gasteiger partial charge in [-0.05, 0) is 65.7 Å². The van der Waals surface area contributed by atoms with E-state index >= 15 is 0 Å². The molecule has 0 saturated carbocycles. The first-order valence-electron chi connectivity index (χ1n) is 9.20. The highest BCUT2D eigenvalue weighted by molar-refractivity contribution is 9.10. The number of esters is 1. The minimum atomic E-state index is -0.690. The number of aryl methyl sites for hydroxylation is 2. The van der Waals surface area contributed by atoms with Gasteiger partial charge in [0.2, 0.25) is 0 Å². The molecule has 1 heterocycles. The second-order valence-electron chi connectivity index (χ2n) is 8.10. The highest BCUT2D eigenvalue weighted by Gasteiger charge is 2.31. The van der Waals surface area contributed by atoms with Gasteiger partial charge in [-0.2, -0.15) is 0 Å². The Kier molecular flexibility index (Phi) is 6.68. The SMILES string of the molecule is CCOC(=O)C(CC(C)(C)C)n1c(-c2ccc(C)cc2)c(C)cc(Br)c1=O. The molecule has 1 aromatic carbocycles. The fourth-order valence-electron chi connectivity index (χ4n) is 3.20. The van der Waals surface area contributed by atoms with Gasteiger partial charge in [0, 0.05) is 0 Å². The van der Waals surface area contributed by atoms with Crippen LogP contribution in [-0.2, 0) is 9.53 Å². The average Bonchev–Trinajstić information content (AvgIpc) is 2.56. The molecule has 0 amide bonds. The Balaban J connectivity index is 2.79. The van der Waals surface area contributed by atoms with Gasteiger partial charge in [0.05, 0.1) is 16.8 Å². The van der Waals surface area contributed by atoms with Gasteiger partial charge in [-0.3, -0.25) is 9.36 Å². The van der Waals surface area contributed by atoms with Crippen molar-refractivity contribution in [3.63, 3.8) is 0 Å². The lowest BCUT2D eigenvalue weighted by atomic mass is 9.87. The smallest absolute Gasteiger partial charge is 0.329 e. The molecule has 146 valence electrons. The predicted octanol–water partition coefficient (Wildman–Crippen LogP) is 5.44. The van der Waals surface area contributed by atoms with E-state index in [1.807, 2.05) is 44.2 Å². The number of rotatable bonds is 5. The molecule has 4 nitrogen and oxygen atoms in total. The molecule has 0 aliphatic rings. The van der Waals surface area contributed by atoms with Crippen LogP contribution in [0.4, 0.5) is 0 Å². The molecule has 0 bridgehead atoms. The molecule has 1 unspecified atom stereocenters. The van der Waals surface area contributed by atoms with Crippen LogP contribution >= 0.6 is 15.9 Å². The van der Waals surface area contributed by atoms with Crippen molar-refractivity contribution in [3.8, 4) is 11.3 Å². The third-order valence-corrected chi connectivity index (χ3v) is 4.95. The van der Waals surface area contributed by atoms with E-state index in [-0.39, 0.29) is 23.6 Å². The molecule has 0 saturated heterocycles. The molecule has 27 heavy (non-hydrogen) atoms. The van der Waals surface area contributed by atoms with E-state index in [1.165, 1.54) is 0 Å². The zero-order valence-electron chi connectivity index (χ0n) is 16.9. The lowest BCUT2D eigenvalue weighted by Crippen LogP contribution is -2.35. The van der Waals surface area contributed by atoms with Gasteiger partial charge in [0.15, 0.2) is 0 Å². The molecule has 1 atom stereocenters. The van der Waals surface area contributed by atoms with Crippen LogP contribution < -0.4 is 5.56 Å². The summed E-state index contributed by atoms with van der Waals surface area (Å²) < 4.78 is 7.38. The molecule has 0 fully saturated rings. The molecule has 0 radical (unpaired) electrons. The summed E-state index contributed by atoms with van der Waals surface area (Å²) in [4.78, 5) is 26.0. The second kappa shape index (κ2) is 8.42. The summed E-state index contributed by atoms with van der Waals surface area (Å²) in [6, 6.07) is 9.11. The van der Waals surface area contributed by atoms with Gasteiger partial charge < -0.3 is 4.74 Å².